The lowest BCUT2D eigenvalue weighted by molar-refractivity contribution is -0.137. The predicted octanol–water partition coefficient (Wildman–Crippen LogP) is 3.87. The largest absolute Gasteiger partial charge is 0.481 e. The maximum Gasteiger partial charge on any atom is 0.303 e. The molecule has 1 aliphatic carbocycles. The van der Waals surface area contributed by atoms with Gasteiger partial charge in [0.05, 0.1) is 0 Å². The van der Waals surface area contributed by atoms with E-state index in [-0.39, 0.29) is 12.2 Å². The molecule has 1 fully saturated rings. The van der Waals surface area contributed by atoms with Crippen molar-refractivity contribution in [3.8, 4) is 0 Å². The Morgan fingerprint density at radius 2 is 1.82 bits per heavy atom. The Morgan fingerprint density at radius 1 is 1.14 bits per heavy atom. The molecule has 0 heterocycles. The molecule has 122 valence electrons. The van der Waals surface area contributed by atoms with Crippen LogP contribution in [0.25, 0.3) is 0 Å². The van der Waals surface area contributed by atoms with Gasteiger partial charge >= 0.3 is 5.97 Å². The first-order valence-corrected chi connectivity index (χ1v) is 8.35. The Morgan fingerprint density at radius 3 is 2.45 bits per heavy atom. The van der Waals surface area contributed by atoms with E-state index in [1.807, 2.05) is 12.1 Å². The highest BCUT2D eigenvalue weighted by Gasteiger charge is 2.21. The van der Waals surface area contributed by atoms with Crippen molar-refractivity contribution in [1.82, 2.24) is 4.90 Å². The smallest absolute Gasteiger partial charge is 0.303 e. The number of carbonyl (C=O) groups is 1. The average Bonchev–Trinajstić information content (AvgIpc) is 3.02. The highest BCUT2D eigenvalue weighted by atomic mass is 19.1. The first kappa shape index (κ1) is 16.9. The van der Waals surface area contributed by atoms with Crippen molar-refractivity contribution < 1.29 is 14.3 Å². The Kier molecular flexibility index (Phi) is 6.84. The minimum atomic E-state index is -0.710. The lowest BCUT2D eigenvalue weighted by Gasteiger charge is -2.29. The quantitative estimate of drug-likeness (QED) is 0.704. The molecule has 0 atom stereocenters. The summed E-state index contributed by atoms with van der Waals surface area (Å²) in [5, 5.41) is 8.72. The van der Waals surface area contributed by atoms with E-state index >= 15 is 0 Å². The van der Waals surface area contributed by atoms with Crippen LogP contribution in [0.5, 0.6) is 0 Å². The fraction of sp³-hybridized carbons (Fsp3) is 0.611. The molecule has 22 heavy (non-hydrogen) atoms. The number of hydrogen-bond donors (Lipinski definition) is 1. The second-order valence-electron chi connectivity index (χ2n) is 6.20. The van der Waals surface area contributed by atoms with Gasteiger partial charge in [-0.2, -0.15) is 0 Å². The molecule has 4 heteroatoms. The van der Waals surface area contributed by atoms with E-state index in [1.54, 1.807) is 0 Å². The molecule has 1 aliphatic rings. The van der Waals surface area contributed by atoms with Gasteiger partial charge < -0.3 is 10.0 Å². The fourth-order valence-corrected chi connectivity index (χ4v) is 3.26. The van der Waals surface area contributed by atoms with Gasteiger partial charge in [0.1, 0.15) is 5.82 Å². The van der Waals surface area contributed by atoms with Crippen molar-refractivity contribution in [2.75, 3.05) is 13.1 Å². The number of rotatable bonds is 9. The molecule has 0 saturated heterocycles. The van der Waals surface area contributed by atoms with Gasteiger partial charge in [0.15, 0.2) is 0 Å². The third-order valence-electron chi connectivity index (χ3n) is 4.53. The van der Waals surface area contributed by atoms with Crippen LogP contribution in [0.2, 0.25) is 0 Å². The van der Waals surface area contributed by atoms with Crippen molar-refractivity contribution in [3.63, 3.8) is 0 Å². The van der Waals surface area contributed by atoms with E-state index in [0.717, 1.165) is 37.9 Å². The Balaban J connectivity index is 1.81. The summed E-state index contributed by atoms with van der Waals surface area (Å²) in [4.78, 5) is 13.1. The van der Waals surface area contributed by atoms with E-state index < -0.39 is 5.97 Å². The van der Waals surface area contributed by atoms with E-state index in [1.165, 1.54) is 37.8 Å². The van der Waals surface area contributed by atoms with Crippen LogP contribution in [-0.2, 0) is 11.2 Å². The minimum absolute atomic E-state index is 0.190. The van der Waals surface area contributed by atoms with Crippen molar-refractivity contribution in [2.24, 2.45) is 0 Å². The number of aliphatic carboxylic acids is 1. The molecule has 1 N–H and O–H groups in total. The van der Waals surface area contributed by atoms with Crippen molar-refractivity contribution in [3.05, 3.63) is 35.6 Å². The van der Waals surface area contributed by atoms with Crippen molar-refractivity contribution in [1.29, 1.82) is 0 Å². The SMILES string of the molecule is O=C(O)CCCCN(CCc1ccc(F)cc1)C1CCCC1. The van der Waals surface area contributed by atoms with Gasteiger partial charge in [-0.3, -0.25) is 4.79 Å². The number of hydrogen-bond acceptors (Lipinski definition) is 2. The predicted molar refractivity (Wildman–Crippen MR) is 85.4 cm³/mol. The standard InChI is InChI=1S/C18H26FNO2/c19-16-10-8-15(9-11-16)12-14-20(17-5-1-2-6-17)13-4-3-7-18(21)22/h8-11,17H,1-7,12-14H2,(H,21,22). The van der Waals surface area contributed by atoms with Crippen LogP contribution in [0.15, 0.2) is 24.3 Å². The van der Waals surface area contributed by atoms with E-state index in [4.69, 9.17) is 5.11 Å². The zero-order valence-electron chi connectivity index (χ0n) is 13.1. The van der Waals surface area contributed by atoms with Crippen LogP contribution in [-0.4, -0.2) is 35.1 Å². The summed E-state index contributed by atoms with van der Waals surface area (Å²) in [6.07, 6.45) is 7.97. The van der Waals surface area contributed by atoms with Crippen molar-refractivity contribution >= 4 is 5.97 Å². The lowest BCUT2D eigenvalue weighted by Crippen LogP contribution is -2.36. The van der Waals surface area contributed by atoms with Gasteiger partial charge in [-0.25, -0.2) is 4.39 Å². The molecular formula is C18H26FNO2. The van der Waals surface area contributed by atoms with Crippen LogP contribution < -0.4 is 0 Å². The molecule has 0 bridgehead atoms. The van der Waals surface area contributed by atoms with E-state index in [2.05, 4.69) is 4.90 Å². The molecule has 2 rings (SSSR count). The zero-order valence-corrected chi connectivity index (χ0v) is 13.1. The third kappa shape index (κ3) is 5.76. The highest BCUT2D eigenvalue weighted by Crippen LogP contribution is 2.24. The summed E-state index contributed by atoms with van der Waals surface area (Å²) < 4.78 is 12.9. The molecule has 3 nitrogen and oxygen atoms in total. The van der Waals surface area contributed by atoms with Crippen LogP contribution in [0.4, 0.5) is 4.39 Å². The lowest BCUT2D eigenvalue weighted by atomic mass is 10.1. The number of halogens is 1. The zero-order chi connectivity index (χ0) is 15.8. The molecule has 0 aromatic heterocycles. The van der Waals surface area contributed by atoms with Crippen LogP contribution in [0.3, 0.4) is 0 Å². The maximum absolute atomic E-state index is 12.9. The number of nitrogens with zero attached hydrogens (tertiary/aromatic N) is 1. The molecule has 1 aromatic rings. The molecule has 0 unspecified atom stereocenters. The Hall–Kier alpha value is -1.42. The Bertz CT molecular complexity index is 455. The minimum Gasteiger partial charge on any atom is -0.481 e. The summed E-state index contributed by atoms with van der Waals surface area (Å²) >= 11 is 0. The summed E-state index contributed by atoms with van der Waals surface area (Å²) in [6.45, 7) is 1.95. The maximum atomic E-state index is 12.9. The van der Waals surface area contributed by atoms with Crippen LogP contribution in [0, 0.1) is 5.82 Å². The molecule has 1 aromatic carbocycles. The first-order chi connectivity index (χ1) is 10.6. The average molecular weight is 307 g/mol. The summed E-state index contributed by atoms with van der Waals surface area (Å²) in [5.41, 5.74) is 1.16. The number of carboxylic acids is 1. The van der Waals surface area contributed by atoms with Gasteiger partial charge in [0.2, 0.25) is 0 Å². The molecule has 1 saturated carbocycles. The van der Waals surface area contributed by atoms with E-state index in [0.29, 0.717) is 6.04 Å². The molecule has 0 aliphatic heterocycles. The van der Waals surface area contributed by atoms with Gasteiger partial charge in [-0.1, -0.05) is 25.0 Å². The van der Waals surface area contributed by atoms with Gasteiger partial charge in [-0.05, 0) is 56.3 Å². The second-order valence-corrected chi connectivity index (χ2v) is 6.20. The fourth-order valence-electron chi connectivity index (χ4n) is 3.26. The topological polar surface area (TPSA) is 40.5 Å². The Labute approximate surface area is 132 Å². The van der Waals surface area contributed by atoms with Crippen molar-refractivity contribution in [2.45, 2.75) is 57.4 Å². The summed E-state index contributed by atoms with van der Waals surface area (Å²) in [6, 6.07) is 7.38. The molecule has 0 spiro atoms. The summed E-state index contributed by atoms with van der Waals surface area (Å²) in [7, 11) is 0. The number of unbranched alkanes of at least 4 members (excludes halogenated alkanes) is 1. The van der Waals surface area contributed by atoms with Gasteiger partial charge in [0, 0.05) is 19.0 Å². The molecular weight excluding hydrogens is 281 g/mol. The van der Waals surface area contributed by atoms with E-state index in [9.17, 15) is 9.18 Å². The van der Waals surface area contributed by atoms with Crippen LogP contribution >= 0.6 is 0 Å². The highest BCUT2D eigenvalue weighted by molar-refractivity contribution is 5.66. The summed E-state index contributed by atoms with van der Waals surface area (Å²) in [5.74, 6) is -0.899. The molecule has 0 radical (unpaired) electrons. The van der Waals surface area contributed by atoms with Gasteiger partial charge in [0.25, 0.3) is 0 Å². The monoisotopic (exact) mass is 307 g/mol. The third-order valence-corrected chi connectivity index (χ3v) is 4.53. The number of carboxylic acid groups (broad SMARTS) is 1. The van der Waals surface area contributed by atoms with Gasteiger partial charge in [-0.15, -0.1) is 0 Å². The first-order valence-electron chi connectivity index (χ1n) is 8.35. The number of benzene rings is 1. The second kappa shape index (κ2) is 8.89. The molecule has 0 amide bonds. The van der Waals surface area contributed by atoms with Crippen LogP contribution in [0.1, 0.15) is 50.5 Å². The normalized spacial score (nSPS) is 15.5.